The second kappa shape index (κ2) is 10.7. The quantitative estimate of drug-likeness (QED) is 0.401. The Hall–Kier alpha value is -3.38. The van der Waals surface area contributed by atoms with Crippen LogP contribution in [0.5, 0.6) is 5.75 Å². The zero-order chi connectivity index (χ0) is 24.1. The maximum Gasteiger partial charge on any atom is 0.265 e. The molecule has 0 saturated carbocycles. The molecule has 4 aromatic rings. The van der Waals surface area contributed by atoms with E-state index >= 15 is 0 Å². The van der Waals surface area contributed by atoms with Crippen molar-refractivity contribution in [3.63, 3.8) is 0 Å². The van der Waals surface area contributed by atoms with Gasteiger partial charge in [0.2, 0.25) is 0 Å². The van der Waals surface area contributed by atoms with Gasteiger partial charge in [0, 0.05) is 48.3 Å². The molecule has 10 heteroatoms. The maximum absolute atomic E-state index is 11.7. The molecule has 8 nitrogen and oxygen atoms in total. The van der Waals surface area contributed by atoms with Gasteiger partial charge in [0.15, 0.2) is 0 Å². The van der Waals surface area contributed by atoms with Gasteiger partial charge in [-0.05, 0) is 43.5 Å². The lowest BCUT2D eigenvalue weighted by atomic mass is 10.1. The van der Waals surface area contributed by atoms with E-state index in [0.717, 1.165) is 29.7 Å². The predicted molar refractivity (Wildman–Crippen MR) is 130 cm³/mol. The summed E-state index contributed by atoms with van der Waals surface area (Å²) in [5.74, 6) is 0.633. The van der Waals surface area contributed by atoms with Crippen LogP contribution in [-0.2, 0) is 11.3 Å². The van der Waals surface area contributed by atoms with Gasteiger partial charge in [-0.2, -0.15) is 10.4 Å². The number of hydrogen-bond donors (Lipinski definition) is 2. The van der Waals surface area contributed by atoms with Gasteiger partial charge in [-0.15, -0.1) is 0 Å². The van der Waals surface area contributed by atoms with Crippen LogP contribution in [0.2, 0.25) is 10.0 Å². The first-order valence-corrected chi connectivity index (χ1v) is 11.3. The van der Waals surface area contributed by atoms with Crippen LogP contribution in [0.15, 0.2) is 41.6 Å². The number of nitriles is 1. The van der Waals surface area contributed by atoms with Crippen LogP contribution in [0.4, 0.5) is 0 Å². The highest BCUT2D eigenvalue weighted by Gasteiger charge is 2.14. The molecule has 0 amide bonds. The Morgan fingerprint density at radius 1 is 1.18 bits per heavy atom. The lowest BCUT2D eigenvalue weighted by Crippen LogP contribution is -2.08. The normalized spacial score (nSPS) is 12.8. The monoisotopic (exact) mass is 497 g/mol. The molecule has 1 aliphatic heterocycles. The number of rotatable bonds is 4. The van der Waals surface area contributed by atoms with Crippen molar-refractivity contribution in [3.05, 3.63) is 73.9 Å². The molecule has 4 heterocycles. The van der Waals surface area contributed by atoms with Gasteiger partial charge in [-0.3, -0.25) is 14.9 Å². The molecule has 174 valence electrons. The summed E-state index contributed by atoms with van der Waals surface area (Å²) in [6, 6.07) is 7.15. The van der Waals surface area contributed by atoms with Crippen LogP contribution in [0, 0.1) is 18.3 Å². The molecular weight excluding hydrogens is 477 g/mol. The van der Waals surface area contributed by atoms with Crippen molar-refractivity contribution in [1.29, 1.82) is 5.26 Å². The molecule has 1 fully saturated rings. The van der Waals surface area contributed by atoms with E-state index in [1.165, 1.54) is 37.5 Å². The summed E-state index contributed by atoms with van der Waals surface area (Å²) in [4.78, 5) is 18.2. The molecule has 0 bridgehead atoms. The molecule has 1 saturated heterocycles. The third-order valence-corrected chi connectivity index (χ3v) is 5.96. The molecule has 34 heavy (non-hydrogen) atoms. The fourth-order valence-electron chi connectivity index (χ4n) is 3.47. The third-order valence-electron chi connectivity index (χ3n) is 5.31. The Balaban J connectivity index is 0.000000486. The second-order valence-electron chi connectivity index (χ2n) is 7.67. The number of nitrogens with one attached hydrogen (secondary N) is 2. The van der Waals surface area contributed by atoms with E-state index in [1.807, 2.05) is 25.1 Å². The van der Waals surface area contributed by atoms with Gasteiger partial charge in [-0.1, -0.05) is 23.2 Å². The Labute approximate surface area is 205 Å². The Bertz CT molecular complexity index is 1390. The van der Waals surface area contributed by atoms with Crippen LogP contribution in [-0.4, -0.2) is 33.4 Å². The van der Waals surface area contributed by atoms with Gasteiger partial charge in [0.1, 0.15) is 29.7 Å². The predicted octanol–water partition coefficient (Wildman–Crippen LogP) is 5.18. The summed E-state index contributed by atoms with van der Waals surface area (Å²) in [5.41, 5.74) is 3.13. The molecule has 2 N–H and O–H groups in total. The van der Waals surface area contributed by atoms with Crippen LogP contribution in [0.25, 0.3) is 22.2 Å². The van der Waals surface area contributed by atoms with E-state index in [4.69, 9.17) is 37.9 Å². The summed E-state index contributed by atoms with van der Waals surface area (Å²) in [7, 11) is 0. The number of halogens is 2. The number of fused-ring (bicyclic) bond motifs is 1. The van der Waals surface area contributed by atoms with Crippen molar-refractivity contribution in [2.24, 2.45) is 0 Å². The summed E-state index contributed by atoms with van der Waals surface area (Å²) in [6.45, 7) is 4.09. The number of aromatic amines is 2. The first-order chi connectivity index (χ1) is 16.5. The number of pyridine rings is 2. The molecule has 1 aliphatic rings. The largest absolute Gasteiger partial charge is 0.488 e. The first kappa shape index (κ1) is 23.8. The lowest BCUT2D eigenvalue weighted by molar-refractivity contribution is 0.198. The van der Waals surface area contributed by atoms with E-state index in [9.17, 15) is 4.79 Å². The molecular formula is C24H21Cl2N5O3. The van der Waals surface area contributed by atoms with E-state index in [1.54, 1.807) is 0 Å². The average molecular weight is 498 g/mol. The number of ether oxygens (including phenoxy) is 2. The zero-order valence-electron chi connectivity index (χ0n) is 18.3. The van der Waals surface area contributed by atoms with Gasteiger partial charge < -0.3 is 14.5 Å². The van der Waals surface area contributed by atoms with Crippen molar-refractivity contribution >= 4 is 34.1 Å². The molecule has 5 rings (SSSR count). The van der Waals surface area contributed by atoms with E-state index in [0.29, 0.717) is 32.6 Å². The number of benzene rings is 1. The van der Waals surface area contributed by atoms with Crippen molar-refractivity contribution in [2.45, 2.75) is 26.4 Å². The highest BCUT2D eigenvalue weighted by atomic mass is 35.5. The standard InChI is InChI=1S/C20H13Cl2N5O2.C4H8O/c1-10-2-17-13(4-18(10)29-9-14-15(21)7-24-8-16(14)22)19(27-26-17)12-3-11(5-23)20(28)25-6-12;1-2-4-5-3-1/h2-4,6-8H,9H2,1H3,(H,25,28)(H,26,27);1-4H2. The second-order valence-corrected chi connectivity index (χ2v) is 8.48. The minimum atomic E-state index is -0.443. The number of aryl methyl sites for hydroxylation is 1. The Kier molecular flexibility index (Phi) is 7.48. The lowest BCUT2D eigenvalue weighted by Gasteiger charge is -2.11. The van der Waals surface area contributed by atoms with Gasteiger partial charge >= 0.3 is 0 Å². The van der Waals surface area contributed by atoms with Crippen molar-refractivity contribution in [1.82, 2.24) is 20.2 Å². The highest BCUT2D eigenvalue weighted by molar-refractivity contribution is 6.35. The van der Waals surface area contributed by atoms with Crippen molar-refractivity contribution in [2.75, 3.05) is 13.2 Å². The SMILES string of the molecule is C1CCOC1.Cc1cc2[nH]nc(-c3c[nH]c(=O)c(C#N)c3)c2cc1OCc1c(Cl)cncc1Cl. The van der Waals surface area contributed by atoms with Crippen molar-refractivity contribution in [3.8, 4) is 23.1 Å². The molecule has 0 aliphatic carbocycles. The summed E-state index contributed by atoms with van der Waals surface area (Å²) in [6.07, 6.45) is 7.11. The fourth-order valence-corrected chi connectivity index (χ4v) is 3.94. The van der Waals surface area contributed by atoms with Crippen LogP contribution in [0.3, 0.4) is 0 Å². The summed E-state index contributed by atoms with van der Waals surface area (Å²) in [5, 5.41) is 18.1. The minimum Gasteiger partial charge on any atom is -0.488 e. The fraction of sp³-hybridized carbons (Fsp3) is 0.250. The van der Waals surface area contributed by atoms with E-state index < -0.39 is 5.56 Å². The number of H-pyrrole nitrogens is 2. The van der Waals surface area contributed by atoms with Crippen molar-refractivity contribution < 1.29 is 9.47 Å². The van der Waals surface area contributed by atoms with E-state index in [2.05, 4.69) is 20.2 Å². The maximum atomic E-state index is 11.7. The van der Waals surface area contributed by atoms with Crippen LogP contribution < -0.4 is 10.3 Å². The average Bonchev–Trinajstić information content (AvgIpc) is 3.53. The van der Waals surface area contributed by atoms with Gasteiger partial charge in [-0.25, -0.2) is 0 Å². The third kappa shape index (κ3) is 5.23. The Morgan fingerprint density at radius 3 is 2.56 bits per heavy atom. The summed E-state index contributed by atoms with van der Waals surface area (Å²) >= 11 is 12.3. The van der Waals surface area contributed by atoms with E-state index in [-0.39, 0.29) is 12.2 Å². The Morgan fingerprint density at radius 2 is 1.91 bits per heavy atom. The molecule has 3 aromatic heterocycles. The molecule has 0 radical (unpaired) electrons. The first-order valence-electron chi connectivity index (χ1n) is 10.6. The van der Waals surface area contributed by atoms with Crippen LogP contribution >= 0.6 is 23.2 Å². The van der Waals surface area contributed by atoms with Gasteiger partial charge in [0.25, 0.3) is 5.56 Å². The number of aromatic nitrogens is 4. The highest BCUT2D eigenvalue weighted by Crippen LogP contribution is 2.32. The molecule has 0 unspecified atom stereocenters. The topological polar surface area (TPSA) is 117 Å². The molecule has 0 atom stereocenters. The molecule has 0 spiro atoms. The molecule has 1 aromatic carbocycles. The number of hydrogen-bond acceptors (Lipinski definition) is 6. The zero-order valence-corrected chi connectivity index (χ0v) is 19.8. The number of nitrogens with zero attached hydrogens (tertiary/aromatic N) is 3. The minimum absolute atomic E-state index is 0.0178. The van der Waals surface area contributed by atoms with Gasteiger partial charge in [0.05, 0.1) is 15.6 Å². The summed E-state index contributed by atoms with van der Waals surface area (Å²) < 4.78 is 10.9. The van der Waals surface area contributed by atoms with Crippen LogP contribution in [0.1, 0.15) is 29.5 Å². The smallest absolute Gasteiger partial charge is 0.265 e.